The monoisotopic (exact) mass is 534 g/mol. The Kier molecular flexibility index (Phi) is 11.4. The second kappa shape index (κ2) is 14.2. The van der Waals surface area contributed by atoms with Gasteiger partial charge in [-0.2, -0.15) is 11.8 Å². The highest BCUT2D eigenvalue weighted by Gasteiger charge is 2.28. The Morgan fingerprint density at radius 2 is 1.68 bits per heavy atom. The topological polar surface area (TPSA) is 209 Å². The number of para-hydroxylation sites is 1. The zero-order chi connectivity index (χ0) is 27.5. The number of hydrogen-bond donors (Lipinski definition) is 7. The van der Waals surface area contributed by atoms with E-state index in [0.717, 1.165) is 16.5 Å². The molecule has 2 rings (SSSR count). The molecule has 202 valence electrons. The first-order valence-corrected chi connectivity index (χ1v) is 13.1. The molecule has 4 unspecified atom stereocenters. The molecule has 0 fully saturated rings. The number of fused-ring (bicyclic) bond motifs is 1. The van der Waals surface area contributed by atoms with Crippen LogP contribution in [0.15, 0.2) is 30.5 Å². The number of rotatable bonds is 15. The molecule has 37 heavy (non-hydrogen) atoms. The van der Waals surface area contributed by atoms with E-state index in [2.05, 4.69) is 20.9 Å². The van der Waals surface area contributed by atoms with Crippen molar-refractivity contribution in [2.24, 2.45) is 11.5 Å². The maximum atomic E-state index is 12.9. The number of nitrogens with one attached hydrogen (secondary N) is 4. The third-order valence-electron chi connectivity index (χ3n) is 5.74. The number of carboxylic acids is 1. The van der Waals surface area contributed by atoms with Gasteiger partial charge in [-0.25, -0.2) is 4.79 Å². The molecule has 12 nitrogen and oxygen atoms in total. The van der Waals surface area contributed by atoms with E-state index in [1.54, 1.807) is 6.20 Å². The van der Waals surface area contributed by atoms with E-state index in [1.165, 1.54) is 18.7 Å². The predicted molar refractivity (Wildman–Crippen MR) is 141 cm³/mol. The zero-order valence-electron chi connectivity index (χ0n) is 20.8. The van der Waals surface area contributed by atoms with Gasteiger partial charge in [-0.1, -0.05) is 18.2 Å². The smallest absolute Gasteiger partial charge is 0.326 e. The largest absolute Gasteiger partial charge is 0.480 e. The SMILES string of the molecule is CSCCC(NC(=O)C(N)Cc1c[nH]c2ccccc12)C(=O)NC(C)C(=O)NC(CCC(N)=O)C(=O)O. The number of amides is 4. The fraction of sp³-hybridized carbons (Fsp3) is 0.458. The lowest BCUT2D eigenvalue weighted by atomic mass is 10.0. The van der Waals surface area contributed by atoms with Gasteiger partial charge in [0.25, 0.3) is 0 Å². The zero-order valence-corrected chi connectivity index (χ0v) is 21.6. The second-order valence-corrected chi connectivity index (χ2v) is 9.63. The van der Waals surface area contributed by atoms with Crippen molar-refractivity contribution in [3.63, 3.8) is 0 Å². The Morgan fingerprint density at radius 3 is 2.32 bits per heavy atom. The fourth-order valence-corrected chi connectivity index (χ4v) is 4.11. The van der Waals surface area contributed by atoms with Crippen molar-refractivity contribution in [1.82, 2.24) is 20.9 Å². The lowest BCUT2D eigenvalue weighted by Gasteiger charge is -2.23. The lowest BCUT2D eigenvalue weighted by molar-refractivity contribution is -0.142. The number of aliphatic carboxylic acids is 1. The van der Waals surface area contributed by atoms with Gasteiger partial charge in [0.1, 0.15) is 18.1 Å². The molecule has 0 aliphatic rings. The molecule has 0 aliphatic carbocycles. The molecule has 1 aromatic carbocycles. The van der Waals surface area contributed by atoms with Crippen LogP contribution in [0, 0.1) is 0 Å². The van der Waals surface area contributed by atoms with Crippen LogP contribution in [0.1, 0.15) is 31.7 Å². The van der Waals surface area contributed by atoms with Crippen molar-refractivity contribution in [2.45, 2.75) is 56.8 Å². The number of carboxylic acid groups (broad SMARTS) is 1. The van der Waals surface area contributed by atoms with Gasteiger partial charge in [0.05, 0.1) is 6.04 Å². The fourth-order valence-electron chi connectivity index (χ4n) is 3.63. The number of thioether (sulfide) groups is 1. The number of aromatic amines is 1. The minimum Gasteiger partial charge on any atom is -0.480 e. The minimum absolute atomic E-state index is 0.183. The van der Waals surface area contributed by atoms with Gasteiger partial charge in [0, 0.05) is 23.5 Å². The summed E-state index contributed by atoms with van der Waals surface area (Å²) >= 11 is 1.48. The molecule has 1 heterocycles. The molecule has 0 aliphatic heterocycles. The molecular formula is C24H34N6O6S. The van der Waals surface area contributed by atoms with Crippen LogP contribution in [0.4, 0.5) is 0 Å². The standard InChI is InChI=1S/C24H34N6O6S/c1-13(21(32)30-19(24(35)36)7-8-20(26)31)28-23(34)18(9-10-37-2)29-22(33)16(25)11-14-12-27-17-6-4-3-5-15(14)17/h3-6,12-13,16,18-19,27H,7-11,25H2,1-2H3,(H2,26,31)(H,28,34)(H,29,33)(H,30,32)(H,35,36). The Bertz CT molecular complexity index is 1120. The van der Waals surface area contributed by atoms with Crippen LogP contribution in [0.25, 0.3) is 10.9 Å². The first-order valence-electron chi connectivity index (χ1n) is 11.7. The number of benzene rings is 1. The molecule has 1 aromatic heterocycles. The first-order chi connectivity index (χ1) is 17.5. The molecule has 4 atom stereocenters. The number of carbonyl (C=O) groups excluding carboxylic acids is 4. The summed E-state index contributed by atoms with van der Waals surface area (Å²) in [6.45, 7) is 1.39. The van der Waals surface area contributed by atoms with E-state index in [1.807, 2.05) is 30.5 Å². The van der Waals surface area contributed by atoms with Gasteiger partial charge in [0.2, 0.25) is 23.6 Å². The van der Waals surface area contributed by atoms with Crippen LogP contribution in [-0.4, -0.2) is 75.9 Å². The van der Waals surface area contributed by atoms with Gasteiger partial charge in [-0.3, -0.25) is 19.2 Å². The highest BCUT2D eigenvalue weighted by atomic mass is 32.2. The number of H-pyrrole nitrogens is 1. The van der Waals surface area contributed by atoms with Crippen molar-refractivity contribution < 1.29 is 29.1 Å². The van der Waals surface area contributed by atoms with E-state index in [-0.39, 0.29) is 19.3 Å². The molecule has 4 amide bonds. The van der Waals surface area contributed by atoms with E-state index in [4.69, 9.17) is 11.5 Å². The van der Waals surface area contributed by atoms with Crippen molar-refractivity contribution in [2.75, 3.05) is 12.0 Å². The summed E-state index contributed by atoms with van der Waals surface area (Å²) in [5.74, 6) is -3.34. The number of aromatic nitrogens is 1. The Hall–Kier alpha value is -3.58. The van der Waals surface area contributed by atoms with Gasteiger partial charge in [-0.15, -0.1) is 0 Å². The van der Waals surface area contributed by atoms with Crippen molar-refractivity contribution >= 4 is 52.3 Å². The summed E-state index contributed by atoms with van der Waals surface area (Å²) in [4.78, 5) is 63.7. The van der Waals surface area contributed by atoms with E-state index in [9.17, 15) is 29.1 Å². The Labute approximate surface area is 218 Å². The lowest BCUT2D eigenvalue weighted by Crippen LogP contribution is -2.56. The molecule has 2 aromatic rings. The Morgan fingerprint density at radius 1 is 1.00 bits per heavy atom. The Balaban J connectivity index is 1.99. The summed E-state index contributed by atoms with van der Waals surface area (Å²) in [6.07, 6.45) is 3.80. The minimum atomic E-state index is -1.34. The summed E-state index contributed by atoms with van der Waals surface area (Å²) < 4.78 is 0. The summed E-state index contributed by atoms with van der Waals surface area (Å²) in [5.41, 5.74) is 13.0. The van der Waals surface area contributed by atoms with Gasteiger partial charge in [-0.05, 0) is 49.8 Å². The quantitative estimate of drug-likeness (QED) is 0.160. The maximum absolute atomic E-state index is 12.9. The molecular weight excluding hydrogens is 500 g/mol. The highest BCUT2D eigenvalue weighted by Crippen LogP contribution is 2.18. The highest BCUT2D eigenvalue weighted by molar-refractivity contribution is 7.98. The number of nitrogens with two attached hydrogens (primary N) is 2. The number of hydrogen-bond acceptors (Lipinski definition) is 7. The van der Waals surface area contributed by atoms with E-state index < -0.39 is 53.8 Å². The third kappa shape index (κ3) is 9.10. The first kappa shape index (κ1) is 29.6. The van der Waals surface area contributed by atoms with Gasteiger partial charge < -0.3 is 37.5 Å². The molecule has 13 heteroatoms. The summed E-state index contributed by atoms with van der Waals surface area (Å²) in [5, 5.41) is 17.7. The van der Waals surface area contributed by atoms with Crippen molar-refractivity contribution in [1.29, 1.82) is 0 Å². The van der Waals surface area contributed by atoms with Crippen LogP contribution in [0.2, 0.25) is 0 Å². The van der Waals surface area contributed by atoms with Crippen molar-refractivity contribution in [3.8, 4) is 0 Å². The molecule has 0 radical (unpaired) electrons. The van der Waals surface area contributed by atoms with Crippen LogP contribution in [0.3, 0.4) is 0 Å². The van der Waals surface area contributed by atoms with Crippen LogP contribution >= 0.6 is 11.8 Å². The summed E-state index contributed by atoms with van der Waals surface area (Å²) in [6, 6.07) is 3.33. The van der Waals surface area contributed by atoms with Crippen LogP contribution < -0.4 is 27.4 Å². The molecule has 9 N–H and O–H groups in total. The molecule has 0 bridgehead atoms. The average molecular weight is 535 g/mol. The van der Waals surface area contributed by atoms with E-state index >= 15 is 0 Å². The second-order valence-electron chi connectivity index (χ2n) is 8.65. The third-order valence-corrected chi connectivity index (χ3v) is 6.39. The number of primary amides is 1. The molecule has 0 spiro atoms. The summed E-state index contributed by atoms with van der Waals surface area (Å²) in [7, 11) is 0. The molecule has 0 saturated heterocycles. The average Bonchev–Trinajstić information content (AvgIpc) is 3.26. The molecule has 0 saturated carbocycles. The van der Waals surface area contributed by atoms with Crippen LogP contribution in [-0.2, 0) is 30.4 Å². The maximum Gasteiger partial charge on any atom is 0.326 e. The predicted octanol–water partition coefficient (Wildman–Crippen LogP) is -0.385. The number of carbonyl (C=O) groups is 5. The van der Waals surface area contributed by atoms with Crippen molar-refractivity contribution in [3.05, 3.63) is 36.0 Å². The van der Waals surface area contributed by atoms with E-state index in [0.29, 0.717) is 12.2 Å². The van der Waals surface area contributed by atoms with Crippen LogP contribution in [0.5, 0.6) is 0 Å². The van der Waals surface area contributed by atoms with Gasteiger partial charge >= 0.3 is 5.97 Å². The normalized spacial score (nSPS) is 14.2. The van der Waals surface area contributed by atoms with Gasteiger partial charge in [0.15, 0.2) is 0 Å².